The van der Waals surface area contributed by atoms with Gasteiger partial charge in [-0.2, -0.15) is 5.10 Å². The number of carbonyl (C=O) groups excluding carboxylic acids is 1. The summed E-state index contributed by atoms with van der Waals surface area (Å²) in [6.07, 6.45) is 3.54. The zero-order valence-corrected chi connectivity index (χ0v) is 15.3. The van der Waals surface area contributed by atoms with Crippen molar-refractivity contribution in [2.75, 3.05) is 26.2 Å². The molecule has 2 aromatic heterocycles. The van der Waals surface area contributed by atoms with Crippen molar-refractivity contribution in [2.45, 2.75) is 46.6 Å². The molecule has 0 unspecified atom stereocenters. The Balaban J connectivity index is 1.58. The molecule has 0 spiro atoms. The van der Waals surface area contributed by atoms with Gasteiger partial charge in [0.25, 0.3) is 5.91 Å². The molecule has 0 saturated carbocycles. The number of hydrogen-bond donors (Lipinski definition) is 1. The van der Waals surface area contributed by atoms with Crippen molar-refractivity contribution in [3.05, 3.63) is 34.5 Å². The van der Waals surface area contributed by atoms with E-state index < -0.39 is 0 Å². The van der Waals surface area contributed by atoms with E-state index in [1.807, 2.05) is 31.5 Å². The Kier molecular flexibility index (Phi) is 5.53. The number of aryl methyl sites for hydroxylation is 3. The topological polar surface area (TPSA) is 76.2 Å². The minimum atomic E-state index is -0.171. The molecule has 7 heteroatoms. The fourth-order valence-corrected chi connectivity index (χ4v) is 3.34. The van der Waals surface area contributed by atoms with Crippen LogP contribution in [0, 0.1) is 20.8 Å². The summed E-state index contributed by atoms with van der Waals surface area (Å²) >= 11 is 0. The Morgan fingerprint density at radius 2 is 2.04 bits per heavy atom. The molecule has 0 aromatic carbocycles. The molecule has 7 nitrogen and oxygen atoms in total. The van der Waals surface area contributed by atoms with Gasteiger partial charge in [0, 0.05) is 17.8 Å². The Morgan fingerprint density at radius 1 is 1.28 bits per heavy atom. The predicted octanol–water partition coefficient (Wildman–Crippen LogP) is 2.06. The number of hydrogen-bond acceptors (Lipinski definition) is 5. The van der Waals surface area contributed by atoms with Crippen molar-refractivity contribution in [1.82, 2.24) is 25.2 Å². The van der Waals surface area contributed by atoms with E-state index in [2.05, 4.69) is 20.5 Å². The van der Waals surface area contributed by atoms with Crippen LogP contribution in [-0.2, 0) is 6.54 Å². The van der Waals surface area contributed by atoms with Gasteiger partial charge in [-0.1, -0.05) is 5.16 Å². The van der Waals surface area contributed by atoms with Gasteiger partial charge < -0.3 is 14.7 Å². The van der Waals surface area contributed by atoms with Gasteiger partial charge in [0.1, 0.15) is 5.76 Å². The predicted molar refractivity (Wildman–Crippen MR) is 94.7 cm³/mol. The van der Waals surface area contributed by atoms with Crippen molar-refractivity contribution >= 4 is 5.91 Å². The molecular formula is C18H27N5O2. The van der Waals surface area contributed by atoms with Gasteiger partial charge in [-0.05, 0) is 65.7 Å². The van der Waals surface area contributed by atoms with Gasteiger partial charge >= 0.3 is 0 Å². The first-order chi connectivity index (χ1) is 12.0. The summed E-state index contributed by atoms with van der Waals surface area (Å²) in [5, 5.41) is 11.4. The quantitative estimate of drug-likeness (QED) is 0.778. The zero-order valence-electron chi connectivity index (χ0n) is 15.3. The van der Waals surface area contributed by atoms with Crippen LogP contribution in [0.2, 0.25) is 0 Å². The standard InChI is InChI=1S/C18H27N5O2/c1-13-11-14(2)23(20-13)12-16-15(3)25-21-17(16)18(24)19-7-6-10-22-8-4-5-9-22/h11H,4-10,12H2,1-3H3,(H,19,24). The molecule has 1 fully saturated rings. The first-order valence-corrected chi connectivity index (χ1v) is 9.01. The van der Waals surface area contributed by atoms with E-state index in [9.17, 15) is 4.79 Å². The van der Waals surface area contributed by atoms with Gasteiger partial charge in [-0.15, -0.1) is 0 Å². The normalized spacial score (nSPS) is 15.0. The minimum Gasteiger partial charge on any atom is -0.361 e. The van der Waals surface area contributed by atoms with Gasteiger partial charge in [0.05, 0.1) is 12.2 Å². The lowest BCUT2D eigenvalue weighted by atomic mass is 10.2. The molecule has 1 saturated heterocycles. The van der Waals surface area contributed by atoms with Crippen LogP contribution in [-0.4, -0.2) is 51.9 Å². The molecule has 0 radical (unpaired) electrons. The van der Waals surface area contributed by atoms with E-state index >= 15 is 0 Å². The lowest BCUT2D eigenvalue weighted by Gasteiger charge is -2.14. The van der Waals surface area contributed by atoms with Crippen LogP contribution >= 0.6 is 0 Å². The van der Waals surface area contributed by atoms with Crippen LogP contribution in [0.1, 0.15) is 52.5 Å². The second-order valence-electron chi connectivity index (χ2n) is 6.81. The third-order valence-corrected chi connectivity index (χ3v) is 4.75. The molecule has 2 aromatic rings. The first kappa shape index (κ1) is 17.7. The highest BCUT2D eigenvalue weighted by Gasteiger charge is 2.21. The molecule has 1 N–H and O–H groups in total. The number of rotatable bonds is 7. The van der Waals surface area contributed by atoms with Crippen LogP contribution in [0.3, 0.4) is 0 Å². The van der Waals surface area contributed by atoms with Crippen molar-refractivity contribution in [1.29, 1.82) is 0 Å². The maximum atomic E-state index is 12.5. The number of carbonyl (C=O) groups is 1. The van der Waals surface area contributed by atoms with E-state index in [1.54, 1.807) is 0 Å². The summed E-state index contributed by atoms with van der Waals surface area (Å²) in [4.78, 5) is 14.9. The fourth-order valence-electron chi connectivity index (χ4n) is 3.34. The highest BCUT2D eigenvalue weighted by molar-refractivity contribution is 5.93. The molecule has 0 atom stereocenters. The Hall–Kier alpha value is -2.15. The van der Waals surface area contributed by atoms with Gasteiger partial charge in [0.15, 0.2) is 5.69 Å². The Bertz CT molecular complexity index is 728. The number of likely N-dealkylation sites (tertiary alicyclic amines) is 1. The summed E-state index contributed by atoms with van der Waals surface area (Å²) in [6.45, 7) is 10.3. The zero-order chi connectivity index (χ0) is 17.8. The number of nitrogens with zero attached hydrogens (tertiary/aromatic N) is 4. The monoisotopic (exact) mass is 345 g/mol. The van der Waals surface area contributed by atoms with Gasteiger partial charge in [-0.3, -0.25) is 9.48 Å². The second kappa shape index (κ2) is 7.82. The van der Waals surface area contributed by atoms with E-state index in [1.165, 1.54) is 25.9 Å². The summed E-state index contributed by atoms with van der Waals surface area (Å²) in [5.41, 5.74) is 3.17. The van der Waals surface area contributed by atoms with E-state index in [0.29, 0.717) is 24.5 Å². The molecule has 0 aliphatic carbocycles. The van der Waals surface area contributed by atoms with Crippen LogP contribution in [0.25, 0.3) is 0 Å². The third-order valence-electron chi connectivity index (χ3n) is 4.75. The molecule has 0 bridgehead atoms. The van der Waals surface area contributed by atoms with Crippen molar-refractivity contribution in [3.63, 3.8) is 0 Å². The molecular weight excluding hydrogens is 318 g/mol. The molecule has 3 rings (SSSR count). The smallest absolute Gasteiger partial charge is 0.273 e. The number of aromatic nitrogens is 3. The molecule has 1 amide bonds. The van der Waals surface area contributed by atoms with Crippen LogP contribution in [0.15, 0.2) is 10.6 Å². The maximum absolute atomic E-state index is 12.5. The Labute approximate surface area is 148 Å². The average molecular weight is 345 g/mol. The summed E-state index contributed by atoms with van der Waals surface area (Å²) in [5.74, 6) is 0.490. The SMILES string of the molecule is Cc1cc(C)n(Cc2c(C(=O)NCCCN3CCCC3)noc2C)n1. The van der Waals surface area contributed by atoms with Gasteiger partial charge in [-0.25, -0.2) is 0 Å². The van der Waals surface area contributed by atoms with E-state index in [-0.39, 0.29) is 5.91 Å². The van der Waals surface area contributed by atoms with Crippen molar-refractivity contribution in [3.8, 4) is 0 Å². The molecule has 25 heavy (non-hydrogen) atoms. The maximum Gasteiger partial charge on any atom is 0.273 e. The first-order valence-electron chi connectivity index (χ1n) is 9.01. The van der Waals surface area contributed by atoms with E-state index in [4.69, 9.17) is 4.52 Å². The van der Waals surface area contributed by atoms with Crippen LogP contribution < -0.4 is 5.32 Å². The highest BCUT2D eigenvalue weighted by Crippen LogP contribution is 2.16. The van der Waals surface area contributed by atoms with Crippen LogP contribution in [0.4, 0.5) is 0 Å². The van der Waals surface area contributed by atoms with Crippen LogP contribution in [0.5, 0.6) is 0 Å². The molecule has 136 valence electrons. The Morgan fingerprint density at radius 3 is 2.72 bits per heavy atom. The number of nitrogens with one attached hydrogen (secondary N) is 1. The van der Waals surface area contributed by atoms with E-state index in [0.717, 1.165) is 29.9 Å². The highest BCUT2D eigenvalue weighted by atomic mass is 16.5. The van der Waals surface area contributed by atoms with Gasteiger partial charge in [0.2, 0.25) is 0 Å². The molecule has 1 aliphatic rings. The van der Waals surface area contributed by atoms with Crippen molar-refractivity contribution in [2.24, 2.45) is 0 Å². The second-order valence-corrected chi connectivity index (χ2v) is 6.81. The summed E-state index contributed by atoms with van der Waals surface area (Å²) in [7, 11) is 0. The van der Waals surface area contributed by atoms with Crippen molar-refractivity contribution < 1.29 is 9.32 Å². The summed E-state index contributed by atoms with van der Waals surface area (Å²) < 4.78 is 7.14. The lowest BCUT2D eigenvalue weighted by Crippen LogP contribution is -2.29. The average Bonchev–Trinajstić information content (AvgIpc) is 3.27. The fraction of sp³-hybridized carbons (Fsp3) is 0.611. The minimum absolute atomic E-state index is 0.171. The third kappa shape index (κ3) is 4.28. The molecule has 1 aliphatic heterocycles. The lowest BCUT2D eigenvalue weighted by molar-refractivity contribution is 0.0942. The number of amides is 1. The largest absolute Gasteiger partial charge is 0.361 e. The summed E-state index contributed by atoms with van der Waals surface area (Å²) in [6, 6.07) is 2.01. The molecule has 3 heterocycles.